The zero-order valence-electron chi connectivity index (χ0n) is 14.4. The van der Waals surface area contributed by atoms with Gasteiger partial charge in [-0.15, -0.1) is 0 Å². The minimum atomic E-state index is -0.400. The van der Waals surface area contributed by atoms with Crippen LogP contribution in [0.25, 0.3) is 10.9 Å². The Morgan fingerprint density at radius 1 is 1.30 bits per heavy atom. The van der Waals surface area contributed by atoms with E-state index in [-0.39, 0.29) is 17.0 Å². The summed E-state index contributed by atoms with van der Waals surface area (Å²) in [7, 11) is 1.58. The Kier molecular flexibility index (Phi) is 4.78. The molecule has 1 aromatic heterocycles. The van der Waals surface area contributed by atoms with Crippen molar-refractivity contribution in [1.82, 2.24) is 9.88 Å². The molecule has 23 heavy (non-hydrogen) atoms. The number of hydrogen-bond acceptors (Lipinski definition) is 3. The number of benzene rings is 1. The summed E-state index contributed by atoms with van der Waals surface area (Å²) in [6, 6.07) is 7.21. The first kappa shape index (κ1) is 17.1. The van der Waals surface area contributed by atoms with Crippen LogP contribution in [0.15, 0.2) is 29.1 Å². The molecule has 2 aromatic rings. The zero-order valence-corrected chi connectivity index (χ0v) is 14.4. The smallest absolute Gasteiger partial charge is 0.264 e. The van der Waals surface area contributed by atoms with Gasteiger partial charge >= 0.3 is 0 Å². The predicted octanol–water partition coefficient (Wildman–Crippen LogP) is 2.95. The van der Waals surface area contributed by atoms with Crippen LogP contribution >= 0.6 is 0 Å². The molecule has 0 unspecified atom stereocenters. The van der Waals surface area contributed by atoms with Crippen molar-refractivity contribution >= 4 is 16.8 Å². The van der Waals surface area contributed by atoms with Crippen LogP contribution in [-0.2, 0) is 6.54 Å². The molecular formula is C18H24N2O3. The first-order valence-corrected chi connectivity index (χ1v) is 7.81. The van der Waals surface area contributed by atoms with Gasteiger partial charge in [0.05, 0.1) is 12.6 Å². The van der Waals surface area contributed by atoms with Gasteiger partial charge in [-0.05, 0) is 39.3 Å². The molecule has 0 fully saturated rings. The summed E-state index contributed by atoms with van der Waals surface area (Å²) < 4.78 is 7.02. The number of nitrogens with zero attached hydrogens (tertiary/aromatic N) is 1. The third-order valence-electron chi connectivity index (χ3n) is 3.48. The summed E-state index contributed by atoms with van der Waals surface area (Å²) >= 11 is 0. The molecule has 0 radical (unpaired) electrons. The summed E-state index contributed by atoms with van der Waals surface area (Å²) in [6.07, 6.45) is 0.789. The molecule has 0 spiro atoms. The Labute approximate surface area is 136 Å². The van der Waals surface area contributed by atoms with Crippen LogP contribution in [0.1, 0.15) is 44.5 Å². The maximum atomic E-state index is 12.8. The molecule has 1 aromatic carbocycles. The van der Waals surface area contributed by atoms with Crippen molar-refractivity contribution in [3.05, 3.63) is 40.2 Å². The number of amides is 1. The van der Waals surface area contributed by atoms with Gasteiger partial charge in [0.2, 0.25) is 0 Å². The number of pyridine rings is 1. The van der Waals surface area contributed by atoms with Gasteiger partial charge < -0.3 is 14.6 Å². The van der Waals surface area contributed by atoms with E-state index in [2.05, 4.69) is 5.32 Å². The summed E-state index contributed by atoms with van der Waals surface area (Å²) in [5.74, 6) is 0.285. The Bertz CT molecular complexity index is 785. The molecule has 1 heterocycles. The van der Waals surface area contributed by atoms with Gasteiger partial charge in [-0.25, -0.2) is 0 Å². The van der Waals surface area contributed by atoms with E-state index >= 15 is 0 Å². The van der Waals surface area contributed by atoms with Crippen LogP contribution in [0.4, 0.5) is 0 Å². The van der Waals surface area contributed by atoms with E-state index in [1.54, 1.807) is 17.7 Å². The number of aromatic nitrogens is 1. The average Bonchev–Trinajstić information content (AvgIpc) is 2.47. The fourth-order valence-electron chi connectivity index (χ4n) is 2.58. The fourth-order valence-corrected chi connectivity index (χ4v) is 2.58. The molecule has 0 atom stereocenters. The van der Waals surface area contributed by atoms with Gasteiger partial charge in [0.25, 0.3) is 11.5 Å². The molecule has 5 heteroatoms. The second-order valence-corrected chi connectivity index (χ2v) is 6.62. The van der Waals surface area contributed by atoms with Crippen molar-refractivity contribution < 1.29 is 9.53 Å². The topological polar surface area (TPSA) is 60.3 Å². The number of aryl methyl sites for hydroxylation is 1. The monoisotopic (exact) mass is 316 g/mol. The van der Waals surface area contributed by atoms with E-state index in [1.807, 2.05) is 45.9 Å². The van der Waals surface area contributed by atoms with E-state index < -0.39 is 5.54 Å². The number of methoxy groups -OCH3 is 1. The molecular weight excluding hydrogens is 292 g/mol. The second kappa shape index (κ2) is 6.44. The largest absolute Gasteiger partial charge is 0.495 e. The van der Waals surface area contributed by atoms with E-state index in [0.29, 0.717) is 12.3 Å². The number of hydrogen-bond donors (Lipinski definition) is 1. The number of para-hydroxylation sites is 1. The van der Waals surface area contributed by atoms with Crippen LogP contribution in [-0.4, -0.2) is 23.1 Å². The maximum Gasteiger partial charge on any atom is 0.264 e. The van der Waals surface area contributed by atoms with Gasteiger partial charge in [0, 0.05) is 17.5 Å². The standard InChI is InChI=1S/C18H24N2O3/c1-6-10-20-15-12(8-7-9-14(15)23-5)11-13(17(20)22)16(21)19-18(2,3)4/h7-9,11H,6,10H2,1-5H3,(H,19,21). The first-order valence-electron chi connectivity index (χ1n) is 7.81. The molecule has 124 valence electrons. The number of fused-ring (bicyclic) bond motifs is 1. The van der Waals surface area contributed by atoms with Crippen molar-refractivity contribution in [2.75, 3.05) is 7.11 Å². The number of nitrogens with one attached hydrogen (secondary N) is 1. The number of carbonyl (C=O) groups excluding carboxylic acids is 1. The van der Waals surface area contributed by atoms with E-state index in [4.69, 9.17) is 4.74 Å². The lowest BCUT2D eigenvalue weighted by molar-refractivity contribution is 0.0917. The van der Waals surface area contributed by atoms with Crippen molar-refractivity contribution in [3.63, 3.8) is 0 Å². The normalized spacial score (nSPS) is 11.5. The molecule has 1 amide bonds. The molecule has 5 nitrogen and oxygen atoms in total. The van der Waals surface area contributed by atoms with Gasteiger partial charge in [0.1, 0.15) is 11.3 Å². The van der Waals surface area contributed by atoms with Crippen molar-refractivity contribution in [3.8, 4) is 5.75 Å². The maximum absolute atomic E-state index is 12.8. The van der Waals surface area contributed by atoms with Crippen molar-refractivity contribution in [1.29, 1.82) is 0 Å². The van der Waals surface area contributed by atoms with Crippen LogP contribution in [0.2, 0.25) is 0 Å². The highest BCUT2D eigenvalue weighted by Gasteiger charge is 2.21. The molecule has 0 aliphatic rings. The third kappa shape index (κ3) is 3.55. The molecule has 2 rings (SSSR count). The van der Waals surface area contributed by atoms with Gasteiger partial charge in [-0.1, -0.05) is 19.1 Å². The Hall–Kier alpha value is -2.30. The molecule has 1 N–H and O–H groups in total. The summed E-state index contributed by atoms with van der Waals surface area (Å²) in [5.41, 5.74) is 0.205. The summed E-state index contributed by atoms with van der Waals surface area (Å²) in [5, 5.41) is 3.67. The highest BCUT2D eigenvalue weighted by molar-refractivity contribution is 5.98. The fraction of sp³-hybridized carbons (Fsp3) is 0.444. The molecule has 0 saturated carbocycles. The first-order chi connectivity index (χ1) is 10.8. The van der Waals surface area contributed by atoms with Crippen molar-refractivity contribution in [2.45, 2.75) is 46.2 Å². The Morgan fingerprint density at radius 3 is 2.57 bits per heavy atom. The highest BCUT2D eigenvalue weighted by atomic mass is 16.5. The van der Waals surface area contributed by atoms with Crippen molar-refractivity contribution in [2.24, 2.45) is 0 Å². The van der Waals surface area contributed by atoms with Crippen LogP contribution in [0.5, 0.6) is 5.75 Å². The quantitative estimate of drug-likeness (QED) is 0.943. The van der Waals surface area contributed by atoms with E-state index in [9.17, 15) is 9.59 Å². The summed E-state index contributed by atoms with van der Waals surface area (Å²) in [4.78, 5) is 25.3. The Morgan fingerprint density at radius 2 is 2.00 bits per heavy atom. The van der Waals surface area contributed by atoms with E-state index in [1.165, 1.54) is 0 Å². The lowest BCUT2D eigenvalue weighted by Gasteiger charge is -2.21. The lowest BCUT2D eigenvalue weighted by Crippen LogP contribution is -2.43. The minimum Gasteiger partial charge on any atom is -0.495 e. The molecule has 0 bridgehead atoms. The lowest BCUT2D eigenvalue weighted by atomic mass is 10.1. The molecule has 0 saturated heterocycles. The minimum absolute atomic E-state index is 0.161. The SMILES string of the molecule is CCCn1c(=O)c(C(=O)NC(C)(C)C)cc2cccc(OC)c21. The second-order valence-electron chi connectivity index (χ2n) is 6.62. The third-order valence-corrected chi connectivity index (χ3v) is 3.48. The summed E-state index contributed by atoms with van der Waals surface area (Å²) in [6.45, 7) is 8.20. The number of rotatable bonds is 4. The van der Waals surface area contributed by atoms with Crippen LogP contribution < -0.4 is 15.6 Å². The van der Waals surface area contributed by atoms with Gasteiger partial charge in [-0.2, -0.15) is 0 Å². The van der Waals surface area contributed by atoms with E-state index in [0.717, 1.165) is 17.3 Å². The van der Waals surface area contributed by atoms with Gasteiger partial charge in [0.15, 0.2) is 0 Å². The van der Waals surface area contributed by atoms with Gasteiger partial charge in [-0.3, -0.25) is 9.59 Å². The van der Waals surface area contributed by atoms with Crippen LogP contribution in [0.3, 0.4) is 0 Å². The molecule has 0 aliphatic heterocycles. The highest BCUT2D eigenvalue weighted by Crippen LogP contribution is 2.25. The Balaban J connectivity index is 2.72. The number of carbonyl (C=O) groups is 1. The predicted molar refractivity (Wildman–Crippen MR) is 92.3 cm³/mol. The number of ether oxygens (including phenoxy) is 1. The zero-order chi connectivity index (χ0) is 17.2. The molecule has 0 aliphatic carbocycles. The average molecular weight is 316 g/mol. The van der Waals surface area contributed by atoms with Crippen LogP contribution in [0, 0.1) is 0 Å².